The summed E-state index contributed by atoms with van der Waals surface area (Å²) in [6, 6.07) is 0. The number of hydrogen-bond acceptors (Lipinski definition) is 4. The average molecular weight is 242 g/mol. The first-order valence-electron chi connectivity index (χ1n) is 5.59. The summed E-state index contributed by atoms with van der Waals surface area (Å²) in [5, 5.41) is 0.258. The van der Waals surface area contributed by atoms with Gasteiger partial charge in [-0.25, -0.2) is 4.98 Å². The maximum Gasteiger partial charge on any atom is 0.242 e. The van der Waals surface area contributed by atoms with Crippen LogP contribution in [0.15, 0.2) is 6.33 Å². The van der Waals surface area contributed by atoms with Crippen molar-refractivity contribution < 1.29 is 4.74 Å². The van der Waals surface area contributed by atoms with Gasteiger partial charge in [-0.15, -0.1) is 0 Å². The van der Waals surface area contributed by atoms with Gasteiger partial charge in [-0.3, -0.25) is 0 Å². The predicted molar refractivity (Wildman–Crippen MR) is 63.5 cm³/mol. The Morgan fingerprint density at radius 1 is 1.31 bits per heavy atom. The Kier molecular flexibility index (Phi) is 3.49. The average Bonchev–Trinajstić information content (AvgIpc) is 2.28. The van der Waals surface area contributed by atoms with Gasteiger partial charge in [0.15, 0.2) is 5.15 Å². The van der Waals surface area contributed by atoms with Gasteiger partial charge in [-0.2, -0.15) is 4.98 Å². The number of halogens is 1. The molecule has 0 amide bonds. The van der Waals surface area contributed by atoms with Crippen molar-refractivity contribution in [2.45, 2.75) is 38.7 Å². The molecule has 1 aliphatic carbocycles. The fraction of sp³-hybridized carbons (Fsp3) is 0.636. The fourth-order valence-electron chi connectivity index (χ4n) is 1.96. The summed E-state index contributed by atoms with van der Waals surface area (Å²) < 4.78 is 5.75. The molecule has 1 fully saturated rings. The zero-order chi connectivity index (χ0) is 11.5. The normalized spacial score (nSPS) is 25.4. The lowest BCUT2D eigenvalue weighted by Gasteiger charge is -2.26. The highest BCUT2D eigenvalue weighted by Crippen LogP contribution is 2.30. The van der Waals surface area contributed by atoms with E-state index in [0.29, 0.717) is 11.6 Å². The second-order valence-electron chi connectivity index (χ2n) is 4.38. The van der Waals surface area contributed by atoms with Crippen LogP contribution < -0.4 is 10.5 Å². The van der Waals surface area contributed by atoms with Gasteiger partial charge in [0.05, 0.1) is 0 Å². The molecule has 1 heterocycles. The smallest absolute Gasteiger partial charge is 0.242 e. The summed E-state index contributed by atoms with van der Waals surface area (Å²) in [6.07, 6.45) is 6.10. The quantitative estimate of drug-likeness (QED) is 0.809. The monoisotopic (exact) mass is 241 g/mol. The van der Waals surface area contributed by atoms with Crippen molar-refractivity contribution in [3.05, 3.63) is 11.5 Å². The molecule has 0 bridgehead atoms. The largest absolute Gasteiger partial charge is 0.473 e. The third-order valence-electron chi connectivity index (χ3n) is 3.04. The third kappa shape index (κ3) is 2.55. The van der Waals surface area contributed by atoms with E-state index in [-0.39, 0.29) is 11.3 Å². The van der Waals surface area contributed by atoms with E-state index >= 15 is 0 Å². The van der Waals surface area contributed by atoms with Crippen LogP contribution >= 0.6 is 11.6 Å². The Hall–Kier alpha value is -1.03. The minimum Gasteiger partial charge on any atom is -0.473 e. The summed E-state index contributed by atoms with van der Waals surface area (Å²) in [5.41, 5.74) is 6.08. The standard InChI is InChI=1S/C11H16ClN3O/c1-7-2-4-8(5-3-7)16-11-9(13)10(12)14-6-15-11/h6-8H,2-5,13H2,1H3. The summed E-state index contributed by atoms with van der Waals surface area (Å²) in [4.78, 5) is 7.80. The lowest BCUT2D eigenvalue weighted by molar-refractivity contribution is 0.131. The van der Waals surface area contributed by atoms with Gasteiger partial charge >= 0.3 is 0 Å². The molecule has 2 rings (SSSR count). The molecule has 5 heteroatoms. The SMILES string of the molecule is CC1CCC(Oc2ncnc(Cl)c2N)CC1. The molecule has 1 saturated carbocycles. The fourth-order valence-corrected chi connectivity index (χ4v) is 2.08. The first-order chi connectivity index (χ1) is 7.66. The lowest BCUT2D eigenvalue weighted by Crippen LogP contribution is -2.24. The number of nitrogens with two attached hydrogens (primary N) is 1. The summed E-state index contributed by atoms with van der Waals surface area (Å²) in [5.74, 6) is 1.21. The number of ether oxygens (including phenoxy) is 1. The molecule has 4 nitrogen and oxygen atoms in total. The van der Waals surface area contributed by atoms with Gasteiger partial charge in [0.2, 0.25) is 5.88 Å². The molecule has 0 spiro atoms. The molecular formula is C11H16ClN3O. The molecule has 88 valence electrons. The Labute approximate surface area is 100 Å². The van der Waals surface area contributed by atoms with Crippen molar-refractivity contribution in [2.24, 2.45) is 5.92 Å². The summed E-state index contributed by atoms with van der Waals surface area (Å²) in [7, 11) is 0. The van der Waals surface area contributed by atoms with Gasteiger partial charge in [-0.05, 0) is 31.6 Å². The molecule has 0 aromatic carbocycles. The number of anilines is 1. The van der Waals surface area contributed by atoms with E-state index in [9.17, 15) is 0 Å². The Morgan fingerprint density at radius 2 is 2.00 bits per heavy atom. The minimum absolute atomic E-state index is 0.212. The van der Waals surface area contributed by atoms with Crippen LogP contribution in [0.3, 0.4) is 0 Å². The molecule has 1 aromatic rings. The zero-order valence-electron chi connectivity index (χ0n) is 9.32. The molecule has 1 aromatic heterocycles. The summed E-state index contributed by atoms with van der Waals surface area (Å²) >= 11 is 5.80. The van der Waals surface area contributed by atoms with Crippen molar-refractivity contribution in [3.8, 4) is 5.88 Å². The topological polar surface area (TPSA) is 61.0 Å². The van der Waals surface area contributed by atoms with Crippen LogP contribution in [0, 0.1) is 5.92 Å². The van der Waals surface area contributed by atoms with Crippen LogP contribution in [0.25, 0.3) is 0 Å². The Balaban J connectivity index is 2.01. The zero-order valence-corrected chi connectivity index (χ0v) is 10.1. The lowest BCUT2D eigenvalue weighted by atomic mass is 9.89. The van der Waals surface area contributed by atoms with E-state index in [4.69, 9.17) is 22.1 Å². The number of aromatic nitrogens is 2. The van der Waals surface area contributed by atoms with Crippen LogP contribution in [0.5, 0.6) is 5.88 Å². The first kappa shape index (κ1) is 11.5. The van der Waals surface area contributed by atoms with Crippen LogP contribution in [0.2, 0.25) is 5.15 Å². The first-order valence-corrected chi connectivity index (χ1v) is 5.97. The number of hydrogen-bond donors (Lipinski definition) is 1. The highest BCUT2D eigenvalue weighted by Gasteiger charge is 2.21. The van der Waals surface area contributed by atoms with Crippen LogP contribution in [0.4, 0.5) is 5.69 Å². The van der Waals surface area contributed by atoms with Crippen LogP contribution in [0.1, 0.15) is 32.6 Å². The molecular weight excluding hydrogens is 226 g/mol. The number of nitrogen functional groups attached to an aromatic ring is 1. The molecule has 0 unspecified atom stereocenters. The van der Waals surface area contributed by atoms with E-state index < -0.39 is 0 Å². The van der Waals surface area contributed by atoms with Crippen LogP contribution in [-0.4, -0.2) is 16.1 Å². The van der Waals surface area contributed by atoms with E-state index in [1.807, 2.05) is 0 Å². The maximum absolute atomic E-state index is 5.80. The van der Waals surface area contributed by atoms with Crippen molar-refractivity contribution >= 4 is 17.3 Å². The van der Waals surface area contributed by atoms with Crippen molar-refractivity contribution in [2.75, 3.05) is 5.73 Å². The highest BCUT2D eigenvalue weighted by atomic mass is 35.5. The van der Waals surface area contributed by atoms with E-state index in [1.54, 1.807) is 0 Å². The van der Waals surface area contributed by atoms with Gasteiger partial charge in [-0.1, -0.05) is 18.5 Å². The van der Waals surface area contributed by atoms with E-state index in [2.05, 4.69) is 16.9 Å². The molecule has 0 saturated heterocycles. The maximum atomic E-state index is 5.80. The van der Waals surface area contributed by atoms with Crippen molar-refractivity contribution in [1.29, 1.82) is 0 Å². The third-order valence-corrected chi connectivity index (χ3v) is 3.34. The Bertz CT molecular complexity index is 364. The van der Waals surface area contributed by atoms with E-state index in [1.165, 1.54) is 19.2 Å². The van der Waals surface area contributed by atoms with E-state index in [0.717, 1.165) is 18.8 Å². The van der Waals surface area contributed by atoms with Gasteiger partial charge in [0, 0.05) is 0 Å². The van der Waals surface area contributed by atoms with Gasteiger partial charge < -0.3 is 10.5 Å². The highest BCUT2D eigenvalue weighted by molar-refractivity contribution is 6.32. The number of nitrogens with zero attached hydrogens (tertiary/aromatic N) is 2. The van der Waals surface area contributed by atoms with Crippen LogP contribution in [-0.2, 0) is 0 Å². The van der Waals surface area contributed by atoms with Crippen molar-refractivity contribution in [1.82, 2.24) is 9.97 Å². The molecule has 0 radical (unpaired) electrons. The molecule has 2 N–H and O–H groups in total. The molecule has 0 aliphatic heterocycles. The second kappa shape index (κ2) is 4.87. The molecule has 1 aliphatic rings. The van der Waals surface area contributed by atoms with Crippen molar-refractivity contribution in [3.63, 3.8) is 0 Å². The molecule has 16 heavy (non-hydrogen) atoms. The Morgan fingerprint density at radius 3 is 2.69 bits per heavy atom. The minimum atomic E-state index is 0.212. The van der Waals surface area contributed by atoms with Gasteiger partial charge in [0.1, 0.15) is 18.1 Å². The molecule has 0 atom stereocenters. The summed E-state index contributed by atoms with van der Waals surface area (Å²) in [6.45, 7) is 2.27. The number of rotatable bonds is 2. The van der Waals surface area contributed by atoms with Gasteiger partial charge in [0.25, 0.3) is 0 Å². The second-order valence-corrected chi connectivity index (χ2v) is 4.74. The predicted octanol–water partition coefficient (Wildman–Crippen LogP) is 2.67.